The molecular formula is C24H15F6N5O. The van der Waals surface area contributed by atoms with E-state index in [9.17, 15) is 31.1 Å². The van der Waals surface area contributed by atoms with Gasteiger partial charge >= 0.3 is 12.4 Å². The van der Waals surface area contributed by atoms with Crippen LogP contribution in [0.5, 0.6) is 0 Å². The third kappa shape index (κ3) is 3.97. The van der Waals surface area contributed by atoms with Gasteiger partial charge in [0.05, 0.1) is 12.1 Å². The summed E-state index contributed by atoms with van der Waals surface area (Å²) >= 11 is 0. The van der Waals surface area contributed by atoms with Crippen LogP contribution in [0, 0.1) is 0 Å². The topological polar surface area (TPSA) is 63.9 Å². The molecule has 0 saturated carbocycles. The Labute approximate surface area is 199 Å². The number of amides is 1. The van der Waals surface area contributed by atoms with E-state index < -0.39 is 41.9 Å². The first-order chi connectivity index (χ1) is 16.9. The number of rotatable bonds is 3. The van der Waals surface area contributed by atoms with E-state index in [0.717, 1.165) is 23.1 Å². The van der Waals surface area contributed by atoms with Crippen molar-refractivity contribution in [2.75, 3.05) is 4.90 Å². The number of nitrogens with zero attached hydrogens (tertiary/aromatic N) is 5. The number of halogens is 6. The van der Waals surface area contributed by atoms with Gasteiger partial charge in [0, 0.05) is 18.2 Å². The monoisotopic (exact) mass is 503 g/mol. The summed E-state index contributed by atoms with van der Waals surface area (Å²) in [6.45, 7) is -0.567. The first kappa shape index (κ1) is 23.5. The molecule has 1 aliphatic heterocycles. The first-order valence-electron chi connectivity index (χ1n) is 10.5. The van der Waals surface area contributed by atoms with E-state index in [-0.39, 0.29) is 16.7 Å². The quantitative estimate of drug-likeness (QED) is 0.335. The maximum Gasteiger partial charge on any atom is 0.433 e. The molecule has 0 atom stereocenters. The summed E-state index contributed by atoms with van der Waals surface area (Å²) in [4.78, 5) is 17.4. The Morgan fingerprint density at radius 2 is 1.56 bits per heavy atom. The second-order valence-electron chi connectivity index (χ2n) is 8.13. The molecule has 5 rings (SSSR count). The highest BCUT2D eigenvalue weighted by Gasteiger charge is 2.41. The van der Waals surface area contributed by atoms with Gasteiger partial charge in [0.2, 0.25) is 0 Å². The Balaban J connectivity index is 1.67. The third-order valence-corrected chi connectivity index (χ3v) is 5.84. The summed E-state index contributed by atoms with van der Waals surface area (Å²) in [6.07, 6.45) is -8.18. The summed E-state index contributed by atoms with van der Waals surface area (Å²) in [7, 11) is 1.67. The molecule has 0 spiro atoms. The number of aromatic nitrogens is 4. The highest BCUT2D eigenvalue weighted by atomic mass is 19.4. The van der Waals surface area contributed by atoms with Crippen LogP contribution in [0.2, 0.25) is 0 Å². The number of fused-ring (bicyclic) bond motifs is 1. The fraction of sp³-hybridized carbons (Fsp3) is 0.167. The summed E-state index contributed by atoms with van der Waals surface area (Å²) in [5, 5.41) is 7.83. The van der Waals surface area contributed by atoms with Gasteiger partial charge in [0.15, 0.2) is 5.82 Å². The van der Waals surface area contributed by atoms with Crippen molar-refractivity contribution in [3.8, 4) is 22.5 Å². The zero-order chi connectivity index (χ0) is 25.8. The van der Waals surface area contributed by atoms with E-state index in [4.69, 9.17) is 0 Å². The van der Waals surface area contributed by atoms with Crippen molar-refractivity contribution in [1.29, 1.82) is 0 Å². The number of benzene rings is 2. The Hall–Kier alpha value is -4.22. The van der Waals surface area contributed by atoms with Gasteiger partial charge in [-0.15, -0.1) is 10.2 Å². The Kier molecular flexibility index (Phi) is 5.34. The molecule has 2 aromatic heterocycles. The lowest BCUT2D eigenvalue weighted by molar-refractivity contribution is -0.141. The van der Waals surface area contributed by atoms with Crippen LogP contribution in [-0.4, -0.2) is 25.7 Å². The molecule has 1 amide bonds. The SMILES string of the molecule is Cn1cnnc1-c1ccccc1-c1cc(N2Cc3c(cccc3C(F)(F)F)C2=O)nc(C(F)(F)F)c1. The lowest BCUT2D eigenvalue weighted by atomic mass is 9.99. The summed E-state index contributed by atoms with van der Waals surface area (Å²) in [5.41, 5.74) is -1.97. The second kappa shape index (κ2) is 8.18. The van der Waals surface area contributed by atoms with Crippen LogP contribution in [0.15, 0.2) is 60.9 Å². The normalized spacial score (nSPS) is 13.9. The van der Waals surface area contributed by atoms with Gasteiger partial charge < -0.3 is 4.57 Å². The minimum Gasteiger partial charge on any atom is -0.317 e. The first-order valence-corrected chi connectivity index (χ1v) is 10.5. The predicted molar refractivity (Wildman–Crippen MR) is 117 cm³/mol. The second-order valence-corrected chi connectivity index (χ2v) is 8.13. The van der Waals surface area contributed by atoms with E-state index in [1.54, 1.807) is 35.9 Å². The molecule has 36 heavy (non-hydrogen) atoms. The molecule has 1 aliphatic rings. The minimum absolute atomic E-state index is 0.0609. The molecule has 0 aliphatic carbocycles. The van der Waals surface area contributed by atoms with Gasteiger partial charge in [0.25, 0.3) is 5.91 Å². The van der Waals surface area contributed by atoms with Crippen LogP contribution in [0.1, 0.15) is 27.2 Å². The molecule has 6 nitrogen and oxygen atoms in total. The molecule has 184 valence electrons. The molecule has 0 N–H and O–H groups in total. The van der Waals surface area contributed by atoms with Crippen molar-refractivity contribution < 1.29 is 31.1 Å². The van der Waals surface area contributed by atoms with Crippen LogP contribution in [0.4, 0.5) is 32.2 Å². The van der Waals surface area contributed by atoms with Crippen molar-refractivity contribution in [3.05, 3.63) is 83.3 Å². The van der Waals surface area contributed by atoms with E-state index in [2.05, 4.69) is 15.2 Å². The van der Waals surface area contributed by atoms with Crippen LogP contribution >= 0.6 is 0 Å². The van der Waals surface area contributed by atoms with Crippen LogP contribution < -0.4 is 4.90 Å². The van der Waals surface area contributed by atoms with Gasteiger partial charge in [-0.1, -0.05) is 30.3 Å². The van der Waals surface area contributed by atoms with E-state index in [0.29, 0.717) is 17.0 Å². The fourth-order valence-corrected chi connectivity index (χ4v) is 4.20. The number of pyridine rings is 1. The van der Waals surface area contributed by atoms with Gasteiger partial charge in [-0.3, -0.25) is 9.69 Å². The summed E-state index contributed by atoms with van der Waals surface area (Å²) in [5.74, 6) is -0.894. The average Bonchev–Trinajstić information content (AvgIpc) is 3.40. The zero-order valence-electron chi connectivity index (χ0n) is 18.4. The molecule has 0 unspecified atom stereocenters. The van der Waals surface area contributed by atoms with E-state index in [1.807, 2.05) is 0 Å². The maximum atomic E-state index is 13.8. The molecule has 3 heterocycles. The van der Waals surface area contributed by atoms with E-state index in [1.165, 1.54) is 18.5 Å². The molecule has 0 fully saturated rings. The average molecular weight is 503 g/mol. The van der Waals surface area contributed by atoms with Crippen molar-refractivity contribution >= 4 is 11.7 Å². The van der Waals surface area contributed by atoms with Crippen molar-refractivity contribution in [3.63, 3.8) is 0 Å². The minimum atomic E-state index is -4.88. The van der Waals surface area contributed by atoms with Crippen LogP contribution in [0.3, 0.4) is 0 Å². The van der Waals surface area contributed by atoms with Gasteiger partial charge in [-0.25, -0.2) is 4.98 Å². The van der Waals surface area contributed by atoms with Gasteiger partial charge in [0.1, 0.15) is 17.8 Å². The summed E-state index contributed by atoms with van der Waals surface area (Å²) < 4.78 is 83.6. The smallest absolute Gasteiger partial charge is 0.317 e. The molecule has 0 saturated heterocycles. The largest absolute Gasteiger partial charge is 0.433 e. The maximum absolute atomic E-state index is 13.8. The van der Waals surface area contributed by atoms with E-state index >= 15 is 0 Å². The fourth-order valence-electron chi connectivity index (χ4n) is 4.20. The lowest BCUT2D eigenvalue weighted by Crippen LogP contribution is -2.25. The number of aryl methyl sites for hydroxylation is 1. The van der Waals surface area contributed by atoms with Crippen molar-refractivity contribution in [2.45, 2.75) is 18.9 Å². The van der Waals surface area contributed by atoms with Crippen molar-refractivity contribution in [2.24, 2.45) is 7.05 Å². The highest BCUT2D eigenvalue weighted by molar-refractivity contribution is 6.10. The number of hydrogen-bond acceptors (Lipinski definition) is 4. The standard InChI is InChI=1S/C24H15F6N5O/c1-34-12-31-33-21(34)15-6-3-2-5-14(15)13-9-19(24(28,29)30)32-20(10-13)35-11-17-16(22(35)36)7-4-8-18(17)23(25,26)27/h2-10,12H,11H2,1H3. The number of carbonyl (C=O) groups is 1. The number of anilines is 1. The van der Waals surface area contributed by atoms with Crippen molar-refractivity contribution in [1.82, 2.24) is 19.7 Å². The Morgan fingerprint density at radius 1 is 0.861 bits per heavy atom. The number of carbonyl (C=O) groups excluding carboxylic acids is 1. The highest BCUT2D eigenvalue weighted by Crippen LogP contribution is 2.41. The lowest BCUT2D eigenvalue weighted by Gasteiger charge is -2.19. The zero-order valence-corrected chi connectivity index (χ0v) is 18.4. The van der Waals surface area contributed by atoms with Crippen LogP contribution in [-0.2, 0) is 25.9 Å². The molecule has 4 aromatic rings. The molecule has 0 radical (unpaired) electrons. The molecule has 0 bridgehead atoms. The molecule has 12 heteroatoms. The predicted octanol–water partition coefficient (Wildman–Crippen LogP) is 5.74. The number of alkyl halides is 6. The summed E-state index contributed by atoms with van der Waals surface area (Å²) in [6, 6.07) is 11.7. The molecule has 2 aromatic carbocycles. The van der Waals surface area contributed by atoms with Gasteiger partial charge in [-0.2, -0.15) is 26.3 Å². The Bertz CT molecular complexity index is 1490. The third-order valence-electron chi connectivity index (χ3n) is 5.84. The number of hydrogen-bond donors (Lipinski definition) is 0. The van der Waals surface area contributed by atoms with Crippen LogP contribution in [0.25, 0.3) is 22.5 Å². The Morgan fingerprint density at radius 3 is 2.19 bits per heavy atom. The van der Waals surface area contributed by atoms with Gasteiger partial charge in [-0.05, 0) is 41.0 Å². The molecular weight excluding hydrogens is 488 g/mol.